The summed E-state index contributed by atoms with van der Waals surface area (Å²) in [7, 11) is 0. The fraction of sp³-hybridized carbons (Fsp3) is 0.688. The Labute approximate surface area is 128 Å². The number of hydrogen-bond donors (Lipinski definition) is 0. The number of aryl methyl sites for hydroxylation is 2. The topological polar surface area (TPSA) is 25.4 Å². The highest BCUT2D eigenvalue weighted by molar-refractivity contribution is 6.17. The zero-order chi connectivity index (χ0) is 15.3. The highest BCUT2D eigenvalue weighted by Crippen LogP contribution is 2.22. The molecule has 0 aliphatic carbocycles. The van der Waals surface area contributed by atoms with Crippen LogP contribution < -0.4 is 4.74 Å². The lowest BCUT2D eigenvalue weighted by Crippen LogP contribution is -2.39. The summed E-state index contributed by atoms with van der Waals surface area (Å²) in [6.45, 7) is 14.4. The summed E-state index contributed by atoms with van der Waals surface area (Å²) in [6, 6.07) is 3.07. The van der Waals surface area contributed by atoms with Crippen LogP contribution in [0.4, 0.5) is 0 Å². The van der Waals surface area contributed by atoms with Crippen LogP contribution >= 0.6 is 11.6 Å². The van der Waals surface area contributed by atoms with Gasteiger partial charge < -0.3 is 4.74 Å². The Morgan fingerprint density at radius 2 is 1.80 bits per heavy atom. The monoisotopic (exact) mass is 298 g/mol. The summed E-state index contributed by atoms with van der Waals surface area (Å²) in [4.78, 5) is 6.87. The SMILES string of the molecule is Cc1cc(C)c(CCl)c(OCCN(C(C)C)C(C)C)n1. The molecule has 3 nitrogen and oxygen atoms in total. The van der Waals surface area contributed by atoms with Gasteiger partial charge >= 0.3 is 0 Å². The minimum absolute atomic E-state index is 0.437. The van der Waals surface area contributed by atoms with Crippen molar-refractivity contribution in [2.45, 2.75) is 59.5 Å². The smallest absolute Gasteiger partial charge is 0.218 e. The van der Waals surface area contributed by atoms with E-state index < -0.39 is 0 Å². The van der Waals surface area contributed by atoms with E-state index in [2.05, 4.69) is 37.6 Å². The predicted molar refractivity (Wildman–Crippen MR) is 85.7 cm³/mol. The molecular weight excluding hydrogens is 272 g/mol. The fourth-order valence-electron chi connectivity index (χ4n) is 2.47. The van der Waals surface area contributed by atoms with Crippen molar-refractivity contribution in [3.63, 3.8) is 0 Å². The first kappa shape index (κ1) is 17.3. The molecule has 0 amide bonds. The first-order chi connectivity index (χ1) is 9.36. The van der Waals surface area contributed by atoms with Gasteiger partial charge in [0.2, 0.25) is 5.88 Å². The molecule has 0 saturated heterocycles. The molecule has 1 heterocycles. The highest BCUT2D eigenvalue weighted by atomic mass is 35.5. The number of hydrogen-bond acceptors (Lipinski definition) is 3. The van der Waals surface area contributed by atoms with Crippen LogP contribution in [0.5, 0.6) is 5.88 Å². The summed E-state index contributed by atoms with van der Waals surface area (Å²) in [6.07, 6.45) is 0. The van der Waals surface area contributed by atoms with Crippen LogP contribution in [0, 0.1) is 13.8 Å². The molecule has 0 fully saturated rings. The van der Waals surface area contributed by atoms with Crippen LogP contribution in [-0.4, -0.2) is 35.1 Å². The van der Waals surface area contributed by atoms with E-state index in [4.69, 9.17) is 16.3 Å². The molecule has 0 spiro atoms. The third-order valence-electron chi connectivity index (χ3n) is 3.49. The van der Waals surface area contributed by atoms with Gasteiger partial charge in [0.25, 0.3) is 0 Å². The number of nitrogens with zero attached hydrogens (tertiary/aromatic N) is 2. The average molecular weight is 299 g/mol. The van der Waals surface area contributed by atoms with Crippen LogP contribution in [-0.2, 0) is 5.88 Å². The molecule has 0 aromatic carbocycles. The number of ether oxygens (including phenoxy) is 1. The molecule has 4 heteroatoms. The predicted octanol–water partition coefficient (Wildman–Crippen LogP) is 3.93. The minimum atomic E-state index is 0.437. The summed E-state index contributed by atoms with van der Waals surface area (Å²) in [5.41, 5.74) is 3.11. The molecular formula is C16H27ClN2O. The third kappa shape index (κ3) is 4.64. The Bertz CT molecular complexity index is 425. The van der Waals surface area contributed by atoms with Crippen LogP contribution in [0.3, 0.4) is 0 Å². The van der Waals surface area contributed by atoms with Crippen LogP contribution in [0.2, 0.25) is 0 Å². The molecule has 0 bridgehead atoms. The minimum Gasteiger partial charge on any atom is -0.476 e. The third-order valence-corrected chi connectivity index (χ3v) is 3.75. The molecule has 20 heavy (non-hydrogen) atoms. The van der Waals surface area contributed by atoms with Crippen molar-refractivity contribution in [3.05, 3.63) is 22.9 Å². The number of aromatic nitrogens is 1. The van der Waals surface area contributed by atoms with Gasteiger partial charge in [-0.3, -0.25) is 4.90 Å². The van der Waals surface area contributed by atoms with E-state index in [0.717, 1.165) is 23.4 Å². The van der Waals surface area contributed by atoms with Gasteiger partial charge in [-0.1, -0.05) is 0 Å². The normalized spacial score (nSPS) is 11.7. The Morgan fingerprint density at radius 1 is 1.20 bits per heavy atom. The quantitative estimate of drug-likeness (QED) is 0.713. The van der Waals surface area contributed by atoms with Crippen molar-refractivity contribution in [1.82, 2.24) is 9.88 Å². The Balaban J connectivity index is 2.70. The van der Waals surface area contributed by atoms with Gasteiger partial charge in [-0.2, -0.15) is 0 Å². The molecule has 0 radical (unpaired) electrons. The van der Waals surface area contributed by atoms with Crippen LogP contribution in [0.1, 0.15) is 44.5 Å². The second kappa shape index (κ2) is 7.84. The van der Waals surface area contributed by atoms with Crippen molar-refractivity contribution in [3.8, 4) is 5.88 Å². The lowest BCUT2D eigenvalue weighted by molar-refractivity contribution is 0.139. The zero-order valence-electron chi connectivity index (χ0n) is 13.5. The molecule has 114 valence electrons. The van der Waals surface area contributed by atoms with Gasteiger partial charge in [-0.15, -0.1) is 11.6 Å². The van der Waals surface area contributed by atoms with Gasteiger partial charge in [0.05, 0.1) is 5.88 Å². The van der Waals surface area contributed by atoms with E-state index in [1.165, 1.54) is 0 Å². The lowest BCUT2D eigenvalue weighted by Gasteiger charge is -2.30. The first-order valence-electron chi connectivity index (χ1n) is 7.28. The van der Waals surface area contributed by atoms with Crippen molar-refractivity contribution in [2.75, 3.05) is 13.2 Å². The van der Waals surface area contributed by atoms with Gasteiger partial charge in [-0.25, -0.2) is 4.98 Å². The largest absolute Gasteiger partial charge is 0.476 e. The fourth-order valence-corrected chi connectivity index (χ4v) is 2.80. The van der Waals surface area contributed by atoms with E-state index in [1.54, 1.807) is 0 Å². The maximum absolute atomic E-state index is 6.00. The second-order valence-electron chi connectivity index (χ2n) is 5.77. The average Bonchev–Trinajstić information content (AvgIpc) is 2.33. The number of alkyl halides is 1. The van der Waals surface area contributed by atoms with E-state index >= 15 is 0 Å². The summed E-state index contributed by atoms with van der Waals surface area (Å²) < 4.78 is 5.88. The van der Waals surface area contributed by atoms with Gasteiger partial charge in [0, 0.05) is 29.9 Å². The zero-order valence-corrected chi connectivity index (χ0v) is 14.3. The number of halogens is 1. The molecule has 0 saturated carbocycles. The standard InChI is InChI=1S/C16H27ClN2O/c1-11(2)19(12(3)4)7-8-20-16-15(10-17)13(5)9-14(6)18-16/h9,11-12H,7-8,10H2,1-6H3. The molecule has 0 unspecified atom stereocenters. The maximum atomic E-state index is 6.00. The molecule has 0 N–H and O–H groups in total. The Kier molecular flexibility index (Phi) is 6.77. The molecule has 0 atom stereocenters. The van der Waals surface area contributed by atoms with Crippen LogP contribution in [0.15, 0.2) is 6.07 Å². The first-order valence-corrected chi connectivity index (χ1v) is 7.81. The van der Waals surface area contributed by atoms with E-state index in [9.17, 15) is 0 Å². The number of rotatable bonds is 7. The van der Waals surface area contributed by atoms with Crippen LogP contribution in [0.25, 0.3) is 0 Å². The van der Waals surface area contributed by atoms with Gasteiger partial charge in [-0.05, 0) is 53.2 Å². The second-order valence-corrected chi connectivity index (χ2v) is 6.04. The van der Waals surface area contributed by atoms with E-state index in [-0.39, 0.29) is 0 Å². The van der Waals surface area contributed by atoms with E-state index in [1.807, 2.05) is 19.9 Å². The maximum Gasteiger partial charge on any atom is 0.218 e. The van der Waals surface area contributed by atoms with Gasteiger partial charge in [0.15, 0.2) is 0 Å². The lowest BCUT2D eigenvalue weighted by atomic mass is 10.1. The Hall–Kier alpha value is -0.800. The molecule has 1 rings (SSSR count). The van der Waals surface area contributed by atoms with Crippen molar-refractivity contribution in [2.24, 2.45) is 0 Å². The summed E-state index contributed by atoms with van der Waals surface area (Å²) in [5, 5.41) is 0. The van der Waals surface area contributed by atoms with Crippen molar-refractivity contribution >= 4 is 11.6 Å². The van der Waals surface area contributed by atoms with Crippen molar-refractivity contribution < 1.29 is 4.74 Å². The van der Waals surface area contributed by atoms with E-state index in [0.29, 0.717) is 30.5 Å². The number of pyridine rings is 1. The molecule has 0 aliphatic rings. The molecule has 1 aromatic rings. The van der Waals surface area contributed by atoms with Crippen molar-refractivity contribution in [1.29, 1.82) is 0 Å². The highest BCUT2D eigenvalue weighted by Gasteiger charge is 2.14. The van der Waals surface area contributed by atoms with Gasteiger partial charge in [0.1, 0.15) is 6.61 Å². The summed E-state index contributed by atoms with van der Waals surface area (Å²) >= 11 is 6.00. The Morgan fingerprint density at radius 3 is 2.30 bits per heavy atom. The molecule has 0 aliphatic heterocycles. The summed E-state index contributed by atoms with van der Waals surface area (Å²) in [5.74, 6) is 1.12. The molecule has 1 aromatic heterocycles.